The molecule has 2 aromatic carbocycles. The Bertz CT molecular complexity index is 834. The number of ether oxygens (including phenoxy) is 2. The highest BCUT2D eigenvalue weighted by molar-refractivity contribution is 7.89. The van der Waals surface area contributed by atoms with Crippen LogP contribution < -0.4 is 19.1 Å². The molecule has 0 aliphatic carbocycles. The van der Waals surface area contributed by atoms with Gasteiger partial charge in [0, 0.05) is 32.4 Å². The Morgan fingerprint density at radius 1 is 0.926 bits per heavy atom. The summed E-state index contributed by atoms with van der Waals surface area (Å²) in [6.45, 7) is 4.95. The van der Waals surface area contributed by atoms with Crippen LogP contribution in [-0.4, -0.2) is 42.3 Å². The van der Waals surface area contributed by atoms with E-state index >= 15 is 0 Å². The van der Waals surface area contributed by atoms with E-state index in [4.69, 9.17) is 9.47 Å². The van der Waals surface area contributed by atoms with E-state index in [9.17, 15) is 8.42 Å². The van der Waals surface area contributed by atoms with Gasteiger partial charge in [-0.25, -0.2) is 13.1 Å². The van der Waals surface area contributed by atoms with E-state index in [0.29, 0.717) is 37.7 Å². The summed E-state index contributed by atoms with van der Waals surface area (Å²) in [5.41, 5.74) is 2.18. The Labute approximate surface area is 162 Å². The molecule has 6 nitrogen and oxygen atoms in total. The van der Waals surface area contributed by atoms with Gasteiger partial charge in [-0.1, -0.05) is 12.1 Å². The molecule has 0 spiro atoms. The Kier molecular flexibility index (Phi) is 7.50. The number of benzene rings is 2. The average molecular weight is 393 g/mol. The van der Waals surface area contributed by atoms with Crippen LogP contribution in [0.15, 0.2) is 47.4 Å². The third kappa shape index (κ3) is 5.87. The maximum absolute atomic E-state index is 12.6. The summed E-state index contributed by atoms with van der Waals surface area (Å²) < 4.78 is 38.8. The molecule has 0 unspecified atom stereocenters. The van der Waals surface area contributed by atoms with Crippen molar-refractivity contribution in [1.82, 2.24) is 4.72 Å². The number of sulfonamides is 1. The summed E-state index contributed by atoms with van der Waals surface area (Å²) in [7, 11) is 0.347. The van der Waals surface area contributed by atoms with Crippen molar-refractivity contribution in [3.05, 3.63) is 48.0 Å². The highest BCUT2D eigenvalue weighted by atomic mass is 32.2. The zero-order valence-electron chi connectivity index (χ0n) is 16.4. The standard InChI is InChI=1S/C20H28N2O4S/c1-5-25-19-12-11-18(15-20(19)26-6-2)27(23,24)21-14-13-16-7-9-17(10-8-16)22(3)4/h7-12,15,21H,5-6,13-14H2,1-4H3. The summed E-state index contributed by atoms with van der Waals surface area (Å²) in [6.07, 6.45) is 0.613. The minimum absolute atomic E-state index is 0.164. The van der Waals surface area contributed by atoms with Gasteiger partial charge >= 0.3 is 0 Å². The summed E-state index contributed by atoms with van der Waals surface area (Å²) >= 11 is 0. The Morgan fingerprint density at radius 3 is 2.15 bits per heavy atom. The lowest BCUT2D eigenvalue weighted by atomic mass is 10.1. The predicted octanol–water partition coefficient (Wildman–Crippen LogP) is 3.07. The van der Waals surface area contributed by atoms with Crippen molar-refractivity contribution >= 4 is 15.7 Å². The van der Waals surface area contributed by atoms with Gasteiger partial charge < -0.3 is 14.4 Å². The Morgan fingerprint density at radius 2 is 1.56 bits per heavy atom. The predicted molar refractivity (Wildman–Crippen MR) is 108 cm³/mol. The molecule has 0 radical (unpaired) electrons. The number of anilines is 1. The van der Waals surface area contributed by atoms with Crippen molar-refractivity contribution < 1.29 is 17.9 Å². The van der Waals surface area contributed by atoms with Gasteiger partial charge in [-0.15, -0.1) is 0 Å². The first-order valence-corrected chi connectivity index (χ1v) is 10.5. The van der Waals surface area contributed by atoms with Gasteiger partial charge in [-0.05, 0) is 50.1 Å². The maximum Gasteiger partial charge on any atom is 0.240 e. The zero-order chi connectivity index (χ0) is 19.9. The second kappa shape index (κ2) is 9.62. The van der Waals surface area contributed by atoms with E-state index in [1.54, 1.807) is 6.07 Å². The van der Waals surface area contributed by atoms with E-state index in [1.165, 1.54) is 12.1 Å². The number of nitrogens with zero attached hydrogens (tertiary/aromatic N) is 1. The fourth-order valence-electron chi connectivity index (χ4n) is 2.57. The molecule has 0 bridgehead atoms. The first-order valence-electron chi connectivity index (χ1n) is 9.03. The fraction of sp³-hybridized carbons (Fsp3) is 0.400. The summed E-state index contributed by atoms with van der Waals surface area (Å²) in [5, 5.41) is 0. The SMILES string of the molecule is CCOc1ccc(S(=O)(=O)NCCc2ccc(N(C)C)cc2)cc1OCC. The van der Waals surface area contributed by atoms with Crippen LogP contribution >= 0.6 is 0 Å². The topological polar surface area (TPSA) is 67.9 Å². The average Bonchev–Trinajstić information content (AvgIpc) is 2.63. The van der Waals surface area contributed by atoms with Gasteiger partial charge in [0.2, 0.25) is 10.0 Å². The minimum Gasteiger partial charge on any atom is -0.490 e. The lowest BCUT2D eigenvalue weighted by Crippen LogP contribution is -2.26. The molecule has 7 heteroatoms. The van der Waals surface area contributed by atoms with Gasteiger partial charge in [0.15, 0.2) is 11.5 Å². The number of hydrogen-bond donors (Lipinski definition) is 1. The fourth-order valence-corrected chi connectivity index (χ4v) is 3.62. The first-order chi connectivity index (χ1) is 12.9. The molecule has 2 aromatic rings. The summed E-state index contributed by atoms with van der Waals surface area (Å²) in [5.74, 6) is 0.973. The van der Waals surface area contributed by atoms with Crippen LogP contribution in [0.4, 0.5) is 5.69 Å². The van der Waals surface area contributed by atoms with Crippen LogP contribution in [0.3, 0.4) is 0 Å². The second-order valence-electron chi connectivity index (χ2n) is 6.18. The van der Waals surface area contributed by atoms with Crippen molar-refractivity contribution in [2.45, 2.75) is 25.2 Å². The van der Waals surface area contributed by atoms with E-state index in [2.05, 4.69) is 4.72 Å². The van der Waals surface area contributed by atoms with E-state index < -0.39 is 10.0 Å². The number of rotatable bonds is 10. The third-order valence-electron chi connectivity index (χ3n) is 3.98. The molecule has 0 saturated heterocycles. The van der Waals surface area contributed by atoms with E-state index in [0.717, 1.165) is 11.3 Å². The van der Waals surface area contributed by atoms with Crippen LogP contribution in [0.2, 0.25) is 0 Å². The summed E-state index contributed by atoms with van der Waals surface area (Å²) in [4.78, 5) is 2.19. The number of hydrogen-bond acceptors (Lipinski definition) is 5. The molecule has 0 atom stereocenters. The lowest BCUT2D eigenvalue weighted by molar-refractivity contribution is 0.287. The molecule has 0 fully saturated rings. The van der Waals surface area contributed by atoms with Crippen molar-refractivity contribution in [2.24, 2.45) is 0 Å². The second-order valence-corrected chi connectivity index (χ2v) is 7.95. The molecule has 0 amide bonds. The summed E-state index contributed by atoms with van der Waals surface area (Å²) in [6, 6.07) is 12.7. The maximum atomic E-state index is 12.6. The van der Waals surface area contributed by atoms with Crippen LogP contribution in [0, 0.1) is 0 Å². The molecule has 27 heavy (non-hydrogen) atoms. The highest BCUT2D eigenvalue weighted by Gasteiger charge is 2.17. The largest absolute Gasteiger partial charge is 0.490 e. The van der Waals surface area contributed by atoms with Crippen molar-refractivity contribution in [3.63, 3.8) is 0 Å². The van der Waals surface area contributed by atoms with Crippen LogP contribution in [0.1, 0.15) is 19.4 Å². The monoisotopic (exact) mass is 392 g/mol. The first kappa shape index (κ1) is 21.1. The van der Waals surface area contributed by atoms with Gasteiger partial charge in [-0.2, -0.15) is 0 Å². The van der Waals surface area contributed by atoms with Crippen molar-refractivity contribution in [2.75, 3.05) is 38.8 Å². The van der Waals surface area contributed by atoms with E-state index in [1.807, 2.05) is 57.1 Å². The normalized spacial score (nSPS) is 11.3. The molecule has 0 aromatic heterocycles. The number of nitrogens with one attached hydrogen (secondary N) is 1. The molecule has 148 valence electrons. The molecule has 0 saturated carbocycles. The quantitative estimate of drug-likeness (QED) is 0.673. The molecule has 2 rings (SSSR count). The lowest BCUT2D eigenvalue weighted by Gasteiger charge is -2.14. The highest BCUT2D eigenvalue weighted by Crippen LogP contribution is 2.30. The van der Waals surface area contributed by atoms with Gasteiger partial charge in [0.25, 0.3) is 0 Å². The molecule has 0 aliphatic rings. The Hall–Kier alpha value is -2.25. The van der Waals surface area contributed by atoms with Gasteiger partial charge in [-0.3, -0.25) is 0 Å². The third-order valence-corrected chi connectivity index (χ3v) is 5.44. The molecule has 1 N–H and O–H groups in total. The van der Waals surface area contributed by atoms with Gasteiger partial charge in [0.1, 0.15) is 0 Å². The zero-order valence-corrected chi connectivity index (χ0v) is 17.2. The van der Waals surface area contributed by atoms with Crippen LogP contribution in [0.25, 0.3) is 0 Å². The molecular formula is C20H28N2O4S. The molecule has 0 aliphatic heterocycles. The van der Waals surface area contributed by atoms with Crippen molar-refractivity contribution in [1.29, 1.82) is 0 Å². The van der Waals surface area contributed by atoms with Crippen LogP contribution in [-0.2, 0) is 16.4 Å². The Balaban J connectivity index is 2.04. The minimum atomic E-state index is -3.62. The smallest absolute Gasteiger partial charge is 0.240 e. The molecular weight excluding hydrogens is 364 g/mol. The molecule has 0 heterocycles. The van der Waals surface area contributed by atoms with E-state index in [-0.39, 0.29) is 4.90 Å². The van der Waals surface area contributed by atoms with Crippen LogP contribution in [0.5, 0.6) is 11.5 Å². The van der Waals surface area contributed by atoms with Crippen molar-refractivity contribution in [3.8, 4) is 11.5 Å². The van der Waals surface area contributed by atoms with Gasteiger partial charge in [0.05, 0.1) is 18.1 Å².